The van der Waals surface area contributed by atoms with Gasteiger partial charge in [0.15, 0.2) is 0 Å². The quantitative estimate of drug-likeness (QED) is 0.636. The molecule has 0 fully saturated rings. The molecule has 0 heterocycles. The first-order chi connectivity index (χ1) is 4.98. The highest BCUT2D eigenvalue weighted by atomic mass is 35.5. The topological polar surface area (TPSA) is 66.4 Å². The van der Waals surface area contributed by atoms with Crippen LogP contribution in [0.25, 0.3) is 0 Å². The number of halogens is 1. The third-order valence-corrected chi connectivity index (χ3v) is 2.28. The molecule has 0 radical (unpaired) electrons. The molecule has 0 amide bonds. The summed E-state index contributed by atoms with van der Waals surface area (Å²) >= 11 is 5.30. The van der Waals surface area contributed by atoms with Crippen LogP contribution in [-0.2, 0) is 10.0 Å². The molecule has 2 N–H and O–H groups in total. The van der Waals surface area contributed by atoms with E-state index in [1.165, 1.54) is 0 Å². The second-order valence-corrected chi connectivity index (χ2v) is 4.34. The largest absolute Gasteiger partial charge is 0.395 e. The average Bonchev–Trinajstić information content (AvgIpc) is 1.84. The lowest BCUT2D eigenvalue weighted by molar-refractivity contribution is 0.319. The first kappa shape index (κ1) is 10.9. The number of nitrogens with one attached hydrogen (secondary N) is 1. The van der Waals surface area contributed by atoms with Crippen molar-refractivity contribution in [2.45, 2.75) is 0 Å². The summed E-state index contributed by atoms with van der Waals surface area (Å²) in [7, 11) is -3.37. The fourth-order valence-electron chi connectivity index (χ4n) is 0.381. The summed E-state index contributed by atoms with van der Waals surface area (Å²) in [6.45, 7) is 2.90. The molecule has 66 valence electrons. The van der Waals surface area contributed by atoms with Gasteiger partial charge in [0, 0.05) is 11.6 Å². The maximum absolute atomic E-state index is 10.8. The number of rotatable bonds is 5. The fraction of sp³-hybridized carbons (Fsp3) is 0.600. The number of hydrogen-bond acceptors (Lipinski definition) is 3. The second-order valence-electron chi connectivity index (χ2n) is 1.88. The molecule has 0 aliphatic heterocycles. The second kappa shape index (κ2) is 4.71. The van der Waals surface area contributed by atoms with Crippen molar-refractivity contribution in [1.82, 2.24) is 4.72 Å². The van der Waals surface area contributed by atoms with Gasteiger partial charge < -0.3 is 5.11 Å². The maximum atomic E-state index is 10.8. The molecule has 0 aromatic rings. The smallest absolute Gasteiger partial charge is 0.214 e. The van der Waals surface area contributed by atoms with Crippen LogP contribution in [0.5, 0.6) is 0 Å². The van der Waals surface area contributed by atoms with Gasteiger partial charge in [-0.3, -0.25) is 0 Å². The molecular weight excluding hydrogens is 190 g/mol. The molecule has 0 aromatic carbocycles. The van der Waals surface area contributed by atoms with Gasteiger partial charge in [0.1, 0.15) is 0 Å². The molecule has 0 saturated heterocycles. The minimum Gasteiger partial charge on any atom is -0.395 e. The first-order valence-electron chi connectivity index (χ1n) is 2.89. The Balaban J connectivity index is 3.84. The summed E-state index contributed by atoms with van der Waals surface area (Å²) in [6, 6.07) is 0. The summed E-state index contributed by atoms with van der Waals surface area (Å²) in [5.41, 5.74) is 0. The number of hydrogen-bond donors (Lipinski definition) is 2. The van der Waals surface area contributed by atoms with Crippen LogP contribution >= 0.6 is 11.6 Å². The van der Waals surface area contributed by atoms with Crippen molar-refractivity contribution in [2.24, 2.45) is 0 Å². The molecular formula is C5H10ClNO3S. The summed E-state index contributed by atoms with van der Waals surface area (Å²) in [5.74, 6) is -0.308. The maximum Gasteiger partial charge on any atom is 0.214 e. The summed E-state index contributed by atoms with van der Waals surface area (Å²) in [6.07, 6.45) is 0. The van der Waals surface area contributed by atoms with Gasteiger partial charge in [0.25, 0.3) is 0 Å². The van der Waals surface area contributed by atoms with Gasteiger partial charge in [-0.1, -0.05) is 18.2 Å². The van der Waals surface area contributed by atoms with Gasteiger partial charge in [0.2, 0.25) is 10.0 Å². The fourth-order valence-corrected chi connectivity index (χ4v) is 1.31. The third-order valence-electron chi connectivity index (χ3n) is 0.844. The van der Waals surface area contributed by atoms with E-state index in [0.717, 1.165) is 0 Å². The van der Waals surface area contributed by atoms with Gasteiger partial charge in [-0.25, -0.2) is 13.1 Å². The van der Waals surface area contributed by atoms with Crippen molar-refractivity contribution < 1.29 is 13.5 Å². The Bertz CT molecular complexity index is 224. The zero-order valence-corrected chi connectivity index (χ0v) is 7.45. The Morgan fingerprint density at radius 3 is 2.55 bits per heavy atom. The van der Waals surface area contributed by atoms with E-state index in [4.69, 9.17) is 16.7 Å². The van der Waals surface area contributed by atoms with Crippen LogP contribution in [0.4, 0.5) is 0 Å². The minimum absolute atomic E-state index is 0.00386. The van der Waals surface area contributed by atoms with Crippen LogP contribution in [0, 0.1) is 0 Å². The van der Waals surface area contributed by atoms with Crippen molar-refractivity contribution in [3.8, 4) is 0 Å². The standard InChI is InChI=1S/C5H10ClNO3S/c1-5(6)4-7-11(9,10)3-2-8/h7-8H,1-4H2. The van der Waals surface area contributed by atoms with Crippen LogP contribution in [0.2, 0.25) is 0 Å². The van der Waals surface area contributed by atoms with E-state index in [9.17, 15) is 8.42 Å². The highest BCUT2D eigenvalue weighted by Gasteiger charge is 2.07. The van der Waals surface area contributed by atoms with E-state index in [-0.39, 0.29) is 17.3 Å². The van der Waals surface area contributed by atoms with E-state index < -0.39 is 16.6 Å². The molecule has 6 heteroatoms. The third kappa shape index (κ3) is 6.30. The van der Waals surface area contributed by atoms with E-state index in [1.807, 2.05) is 0 Å². The molecule has 0 bridgehead atoms. The lowest BCUT2D eigenvalue weighted by Gasteiger charge is -2.02. The Kier molecular flexibility index (Phi) is 4.67. The molecule has 11 heavy (non-hydrogen) atoms. The van der Waals surface area contributed by atoms with Crippen LogP contribution in [0.1, 0.15) is 0 Å². The predicted molar refractivity (Wildman–Crippen MR) is 43.9 cm³/mol. The predicted octanol–water partition coefficient (Wildman–Crippen LogP) is -0.349. The van der Waals surface area contributed by atoms with Crippen LogP contribution in [-0.4, -0.2) is 32.4 Å². The molecule has 0 saturated carbocycles. The van der Waals surface area contributed by atoms with Gasteiger partial charge in [-0.05, 0) is 0 Å². The minimum atomic E-state index is -3.37. The Morgan fingerprint density at radius 1 is 1.64 bits per heavy atom. The van der Waals surface area contributed by atoms with Crippen molar-refractivity contribution in [1.29, 1.82) is 0 Å². The van der Waals surface area contributed by atoms with Gasteiger partial charge in [-0.15, -0.1) is 0 Å². The highest BCUT2D eigenvalue weighted by Crippen LogP contribution is 1.94. The Hall–Kier alpha value is -0.100. The van der Waals surface area contributed by atoms with Crippen LogP contribution in [0.15, 0.2) is 11.6 Å². The lowest BCUT2D eigenvalue weighted by atomic mass is 10.7. The SMILES string of the molecule is C=C(Cl)CNS(=O)(=O)CCO. The number of sulfonamides is 1. The zero-order chi connectivity index (χ0) is 8.91. The average molecular weight is 200 g/mol. The Morgan fingerprint density at radius 2 is 2.18 bits per heavy atom. The molecule has 0 spiro atoms. The van der Waals surface area contributed by atoms with Crippen molar-refractivity contribution in [2.75, 3.05) is 18.9 Å². The first-order valence-corrected chi connectivity index (χ1v) is 4.92. The van der Waals surface area contributed by atoms with E-state index in [1.54, 1.807) is 0 Å². The normalized spacial score (nSPS) is 11.5. The van der Waals surface area contributed by atoms with Gasteiger partial charge >= 0.3 is 0 Å². The molecule has 4 nitrogen and oxygen atoms in total. The van der Waals surface area contributed by atoms with E-state index in [0.29, 0.717) is 0 Å². The van der Waals surface area contributed by atoms with Crippen molar-refractivity contribution in [3.63, 3.8) is 0 Å². The van der Waals surface area contributed by atoms with Crippen LogP contribution in [0.3, 0.4) is 0 Å². The molecule has 0 rings (SSSR count). The van der Waals surface area contributed by atoms with Crippen molar-refractivity contribution in [3.05, 3.63) is 11.6 Å². The van der Waals surface area contributed by atoms with Crippen molar-refractivity contribution >= 4 is 21.6 Å². The number of aliphatic hydroxyl groups is 1. The number of aliphatic hydroxyl groups excluding tert-OH is 1. The monoisotopic (exact) mass is 199 g/mol. The van der Waals surface area contributed by atoms with Crippen LogP contribution < -0.4 is 4.72 Å². The highest BCUT2D eigenvalue weighted by molar-refractivity contribution is 7.89. The molecule has 0 aliphatic carbocycles. The summed E-state index contributed by atoms with van der Waals surface area (Å²) in [4.78, 5) is 0. The molecule has 0 atom stereocenters. The molecule has 0 aromatic heterocycles. The van der Waals surface area contributed by atoms with E-state index >= 15 is 0 Å². The summed E-state index contributed by atoms with van der Waals surface area (Å²) in [5, 5.41) is 8.51. The van der Waals surface area contributed by atoms with E-state index in [2.05, 4.69) is 11.3 Å². The van der Waals surface area contributed by atoms with Gasteiger partial charge in [-0.2, -0.15) is 0 Å². The summed E-state index contributed by atoms with van der Waals surface area (Å²) < 4.78 is 23.7. The molecule has 0 aliphatic rings. The lowest BCUT2D eigenvalue weighted by Crippen LogP contribution is -2.28. The molecule has 0 unspecified atom stereocenters. The van der Waals surface area contributed by atoms with Gasteiger partial charge in [0.05, 0.1) is 12.4 Å². The Labute approximate surface area is 70.9 Å². The zero-order valence-electron chi connectivity index (χ0n) is 5.88.